The molecule has 2 aromatic carbocycles. The van der Waals surface area contributed by atoms with E-state index in [1.54, 1.807) is 11.3 Å². The molecule has 4 aromatic rings. The Balaban J connectivity index is 1.69. The number of rotatable bonds is 11. The summed E-state index contributed by atoms with van der Waals surface area (Å²) in [6.07, 6.45) is 10.6. The van der Waals surface area contributed by atoms with Gasteiger partial charge in [0, 0.05) is 28.8 Å². The Bertz CT molecular complexity index is 1120. The van der Waals surface area contributed by atoms with E-state index in [9.17, 15) is 0 Å². The second-order valence-corrected chi connectivity index (χ2v) is 9.39. The predicted molar refractivity (Wildman–Crippen MR) is 138 cm³/mol. The van der Waals surface area contributed by atoms with Gasteiger partial charge < -0.3 is 4.74 Å². The fraction of sp³-hybridized carbons (Fsp3) is 0.310. The second-order valence-electron chi connectivity index (χ2n) is 8.50. The monoisotopic (exact) mass is 456 g/mol. The summed E-state index contributed by atoms with van der Waals surface area (Å²) in [6, 6.07) is 23.1. The summed E-state index contributed by atoms with van der Waals surface area (Å²) < 4.78 is 6.35. The van der Waals surface area contributed by atoms with Crippen LogP contribution in [0.2, 0.25) is 0 Å². The number of hydrogen-bond acceptors (Lipinski definition) is 4. The van der Waals surface area contributed by atoms with Crippen molar-refractivity contribution in [1.29, 1.82) is 0 Å². The van der Waals surface area contributed by atoms with Crippen LogP contribution in [0, 0.1) is 0 Å². The van der Waals surface area contributed by atoms with E-state index in [1.165, 1.54) is 31.2 Å². The summed E-state index contributed by atoms with van der Waals surface area (Å²) in [4.78, 5) is 9.27. The van der Waals surface area contributed by atoms with Crippen molar-refractivity contribution in [3.63, 3.8) is 0 Å². The van der Waals surface area contributed by atoms with Gasteiger partial charge in [-0.15, -0.1) is 11.3 Å². The van der Waals surface area contributed by atoms with Gasteiger partial charge in [0.2, 0.25) is 0 Å². The average molecular weight is 457 g/mol. The normalized spacial score (nSPS) is 11.5. The predicted octanol–water partition coefficient (Wildman–Crippen LogP) is 8.66. The first-order valence-electron chi connectivity index (χ1n) is 11.9. The molecule has 0 aliphatic carbocycles. The molecule has 0 saturated heterocycles. The van der Waals surface area contributed by atoms with Crippen LogP contribution < -0.4 is 4.74 Å². The number of nitrogens with zero attached hydrogens (tertiary/aromatic N) is 2. The highest BCUT2D eigenvalue weighted by atomic mass is 32.1. The first-order valence-corrected chi connectivity index (χ1v) is 12.8. The maximum atomic E-state index is 6.35. The zero-order valence-electron chi connectivity index (χ0n) is 19.5. The molecule has 2 heterocycles. The smallest absolute Gasteiger partial charge is 0.128 e. The molecule has 0 amide bonds. The lowest BCUT2D eigenvalue weighted by molar-refractivity contribution is 0.393. The summed E-state index contributed by atoms with van der Waals surface area (Å²) in [5.74, 6) is 1.68. The van der Waals surface area contributed by atoms with Crippen molar-refractivity contribution in [1.82, 2.24) is 9.97 Å². The number of ether oxygens (including phenoxy) is 1. The van der Waals surface area contributed by atoms with E-state index in [1.807, 2.05) is 42.0 Å². The van der Waals surface area contributed by atoms with Crippen molar-refractivity contribution in [3.8, 4) is 22.1 Å². The van der Waals surface area contributed by atoms with Gasteiger partial charge in [0.25, 0.3) is 0 Å². The lowest BCUT2D eigenvalue weighted by Gasteiger charge is -2.34. The SMILES string of the molecule is CCCCC(CCCC)(c1cccc(Oc2cccc(-c3nccs3)c2)c1)c1ccccn1. The Morgan fingerprint density at radius 1 is 0.788 bits per heavy atom. The summed E-state index contributed by atoms with van der Waals surface area (Å²) in [6.45, 7) is 4.52. The van der Waals surface area contributed by atoms with Crippen LogP contribution in [0.3, 0.4) is 0 Å². The lowest BCUT2D eigenvalue weighted by atomic mass is 9.70. The third kappa shape index (κ3) is 5.51. The maximum Gasteiger partial charge on any atom is 0.128 e. The van der Waals surface area contributed by atoms with E-state index in [-0.39, 0.29) is 5.41 Å². The molecule has 170 valence electrons. The van der Waals surface area contributed by atoms with Crippen molar-refractivity contribution < 1.29 is 4.74 Å². The minimum atomic E-state index is -0.102. The molecule has 0 unspecified atom stereocenters. The van der Waals surface area contributed by atoms with Crippen LogP contribution >= 0.6 is 11.3 Å². The van der Waals surface area contributed by atoms with E-state index in [2.05, 4.69) is 61.3 Å². The molecule has 0 saturated carbocycles. The molecular formula is C29H32N2OS. The van der Waals surface area contributed by atoms with E-state index in [4.69, 9.17) is 9.72 Å². The summed E-state index contributed by atoms with van der Waals surface area (Å²) in [5, 5.41) is 3.00. The van der Waals surface area contributed by atoms with Crippen molar-refractivity contribution in [2.45, 2.75) is 57.8 Å². The zero-order chi connectivity index (χ0) is 22.9. The minimum Gasteiger partial charge on any atom is -0.457 e. The highest BCUT2D eigenvalue weighted by Gasteiger charge is 2.34. The van der Waals surface area contributed by atoms with Crippen LogP contribution in [-0.2, 0) is 5.41 Å². The molecule has 0 aliphatic heterocycles. The van der Waals surface area contributed by atoms with E-state index >= 15 is 0 Å². The van der Waals surface area contributed by atoms with Crippen LogP contribution in [0.15, 0.2) is 84.5 Å². The van der Waals surface area contributed by atoms with Gasteiger partial charge in [0.15, 0.2) is 0 Å². The largest absolute Gasteiger partial charge is 0.457 e. The topological polar surface area (TPSA) is 35.0 Å². The number of aromatic nitrogens is 2. The van der Waals surface area contributed by atoms with Crippen molar-refractivity contribution in [3.05, 3.63) is 95.8 Å². The van der Waals surface area contributed by atoms with Crippen LogP contribution in [-0.4, -0.2) is 9.97 Å². The molecule has 2 aromatic heterocycles. The van der Waals surface area contributed by atoms with E-state index in [0.29, 0.717) is 0 Å². The van der Waals surface area contributed by atoms with Gasteiger partial charge in [-0.25, -0.2) is 4.98 Å². The second kappa shape index (κ2) is 11.2. The van der Waals surface area contributed by atoms with Crippen LogP contribution in [0.4, 0.5) is 0 Å². The van der Waals surface area contributed by atoms with Crippen LogP contribution in [0.1, 0.15) is 63.6 Å². The fourth-order valence-electron chi connectivity index (χ4n) is 4.47. The molecule has 0 atom stereocenters. The standard InChI is InChI=1S/C29H32N2OS/c1-3-5-16-29(17-6-4-2,27-15-7-8-18-30-27)24-12-10-14-26(22-24)32-25-13-9-11-23(21-25)28-31-19-20-33-28/h7-15,18-22H,3-6,16-17H2,1-2H3. The molecule has 0 aliphatic rings. The number of thiazole rings is 1. The Hall–Kier alpha value is -2.98. The minimum absolute atomic E-state index is 0.102. The summed E-state index contributed by atoms with van der Waals surface area (Å²) in [5.41, 5.74) is 3.42. The number of unbranched alkanes of at least 4 members (excludes halogenated alkanes) is 2. The Morgan fingerprint density at radius 3 is 2.21 bits per heavy atom. The first-order chi connectivity index (χ1) is 16.2. The molecule has 4 rings (SSSR count). The third-order valence-corrected chi connectivity index (χ3v) is 7.03. The fourth-order valence-corrected chi connectivity index (χ4v) is 5.11. The molecule has 3 nitrogen and oxygen atoms in total. The molecule has 33 heavy (non-hydrogen) atoms. The van der Waals surface area contributed by atoms with Crippen molar-refractivity contribution in [2.75, 3.05) is 0 Å². The highest BCUT2D eigenvalue weighted by Crippen LogP contribution is 2.42. The van der Waals surface area contributed by atoms with Crippen LogP contribution in [0.25, 0.3) is 10.6 Å². The van der Waals surface area contributed by atoms with Gasteiger partial charge in [-0.05, 0) is 54.8 Å². The van der Waals surface area contributed by atoms with Gasteiger partial charge in [0.1, 0.15) is 16.5 Å². The van der Waals surface area contributed by atoms with Gasteiger partial charge in [-0.3, -0.25) is 4.98 Å². The van der Waals surface area contributed by atoms with Gasteiger partial charge in [0.05, 0.1) is 5.69 Å². The van der Waals surface area contributed by atoms with E-state index < -0.39 is 0 Å². The highest BCUT2D eigenvalue weighted by molar-refractivity contribution is 7.13. The van der Waals surface area contributed by atoms with Gasteiger partial charge in [-0.1, -0.05) is 69.9 Å². The van der Waals surface area contributed by atoms with Crippen molar-refractivity contribution >= 4 is 11.3 Å². The average Bonchev–Trinajstić information content (AvgIpc) is 3.41. The molecule has 0 N–H and O–H groups in total. The van der Waals surface area contributed by atoms with Gasteiger partial charge in [-0.2, -0.15) is 0 Å². The number of benzene rings is 2. The molecular weight excluding hydrogens is 424 g/mol. The molecule has 4 heteroatoms. The lowest BCUT2D eigenvalue weighted by Crippen LogP contribution is -2.29. The first kappa shape index (κ1) is 23.2. The Morgan fingerprint density at radius 2 is 1.55 bits per heavy atom. The van der Waals surface area contributed by atoms with Gasteiger partial charge >= 0.3 is 0 Å². The Labute approximate surface area is 201 Å². The molecule has 0 fully saturated rings. The Kier molecular flexibility index (Phi) is 7.90. The van der Waals surface area contributed by atoms with Crippen molar-refractivity contribution in [2.24, 2.45) is 0 Å². The number of pyridine rings is 1. The number of hydrogen-bond donors (Lipinski definition) is 0. The zero-order valence-corrected chi connectivity index (χ0v) is 20.4. The molecule has 0 spiro atoms. The van der Waals surface area contributed by atoms with E-state index in [0.717, 1.165) is 40.6 Å². The molecule has 0 bridgehead atoms. The molecule has 0 radical (unpaired) electrons. The summed E-state index contributed by atoms with van der Waals surface area (Å²) in [7, 11) is 0. The quantitative estimate of drug-likeness (QED) is 0.226. The third-order valence-electron chi connectivity index (χ3n) is 6.21. The van der Waals surface area contributed by atoms with Crippen LogP contribution in [0.5, 0.6) is 11.5 Å². The maximum absolute atomic E-state index is 6.35. The summed E-state index contributed by atoms with van der Waals surface area (Å²) >= 11 is 1.64.